The monoisotopic (exact) mass is 296 g/mol. The van der Waals surface area contributed by atoms with Crippen molar-refractivity contribution in [3.05, 3.63) is 23.5 Å². The summed E-state index contributed by atoms with van der Waals surface area (Å²) in [6.45, 7) is 8.62. The predicted octanol–water partition coefficient (Wildman–Crippen LogP) is 1.62. The van der Waals surface area contributed by atoms with Crippen molar-refractivity contribution in [3.63, 3.8) is 0 Å². The molecule has 0 radical (unpaired) electrons. The van der Waals surface area contributed by atoms with Gasteiger partial charge in [-0.25, -0.2) is 4.98 Å². The second-order valence-corrected chi connectivity index (χ2v) is 6.42. The van der Waals surface area contributed by atoms with Gasteiger partial charge in [-0.15, -0.1) is 0 Å². The van der Waals surface area contributed by atoms with Crippen molar-refractivity contribution in [2.75, 3.05) is 18.4 Å². The Morgan fingerprint density at radius 3 is 2.70 bits per heavy atom. The molecule has 4 nitrogen and oxygen atoms in total. The van der Waals surface area contributed by atoms with E-state index in [4.69, 9.17) is 11.6 Å². The molecular formula is C15H23ClN3O+. The first-order valence-corrected chi connectivity index (χ1v) is 7.61. The fourth-order valence-electron chi connectivity index (χ4n) is 3.09. The van der Waals surface area contributed by atoms with Crippen molar-refractivity contribution >= 4 is 23.2 Å². The Labute approximate surface area is 125 Å². The molecule has 1 aromatic rings. The van der Waals surface area contributed by atoms with Crippen molar-refractivity contribution in [2.45, 2.75) is 33.2 Å². The molecule has 0 aliphatic carbocycles. The largest absolute Gasteiger partial charge is 0.324 e. The van der Waals surface area contributed by atoms with Crippen molar-refractivity contribution in [3.8, 4) is 0 Å². The molecule has 2 rings (SSSR count). The number of hydrogen-bond acceptors (Lipinski definition) is 2. The van der Waals surface area contributed by atoms with E-state index in [0.29, 0.717) is 22.7 Å². The number of nitrogens with zero attached hydrogens (tertiary/aromatic N) is 1. The third-order valence-electron chi connectivity index (χ3n) is 4.05. The first kappa shape index (κ1) is 15.3. The molecular weight excluding hydrogens is 274 g/mol. The number of amides is 1. The Balaban J connectivity index is 2.00. The van der Waals surface area contributed by atoms with Crippen molar-refractivity contribution in [2.24, 2.45) is 11.8 Å². The zero-order chi connectivity index (χ0) is 14.7. The van der Waals surface area contributed by atoms with E-state index in [-0.39, 0.29) is 11.9 Å². The first-order chi connectivity index (χ1) is 9.47. The average molecular weight is 297 g/mol. The van der Waals surface area contributed by atoms with Gasteiger partial charge in [-0.2, -0.15) is 0 Å². The number of piperidine rings is 1. The molecule has 1 fully saturated rings. The van der Waals surface area contributed by atoms with E-state index in [1.165, 1.54) is 11.3 Å². The number of aromatic nitrogens is 1. The number of quaternary nitrogens is 1. The highest BCUT2D eigenvalue weighted by molar-refractivity contribution is 6.32. The molecule has 0 aromatic carbocycles. The van der Waals surface area contributed by atoms with Gasteiger partial charge in [-0.05, 0) is 25.5 Å². The molecule has 0 bridgehead atoms. The molecule has 1 aliphatic rings. The molecule has 0 spiro atoms. The molecule has 0 saturated carbocycles. The summed E-state index contributed by atoms with van der Waals surface area (Å²) in [4.78, 5) is 17.7. The molecule has 20 heavy (non-hydrogen) atoms. The topological polar surface area (TPSA) is 46.4 Å². The fourth-order valence-corrected chi connectivity index (χ4v) is 3.26. The number of rotatable bonds is 3. The molecule has 2 N–H and O–H groups in total. The fraction of sp³-hybridized carbons (Fsp3) is 0.600. The van der Waals surface area contributed by atoms with Gasteiger partial charge in [0.25, 0.3) is 5.91 Å². The molecule has 1 aromatic heterocycles. The summed E-state index contributed by atoms with van der Waals surface area (Å²) in [5, 5.41) is 3.22. The summed E-state index contributed by atoms with van der Waals surface area (Å²) in [5.41, 5.74) is 0.587. The number of hydrogen-bond donors (Lipinski definition) is 2. The Morgan fingerprint density at radius 2 is 2.10 bits per heavy atom. The van der Waals surface area contributed by atoms with Gasteiger partial charge in [0.05, 0.1) is 18.8 Å². The number of carbonyl (C=O) groups excluding carboxylic acids is 1. The van der Waals surface area contributed by atoms with Crippen LogP contribution in [0.2, 0.25) is 5.15 Å². The van der Waals surface area contributed by atoms with Crippen LogP contribution < -0.4 is 10.2 Å². The van der Waals surface area contributed by atoms with Gasteiger partial charge in [-0.1, -0.05) is 25.4 Å². The summed E-state index contributed by atoms with van der Waals surface area (Å²) >= 11 is 5.97. The molecule has 5 heteroatoms. The third kappa shape index (κ3) is 3.70. The molecule has 1 saturated heterocycles. The van der Waals surface area contributed by atoms with Gasteiger partial charge in [0.1, 0.15) is 0 Å². The highest BCUT2D eigenvalue weighted by Crippen LogP contribution is 2.17. The predicted molar refractivity (Wildman–Crippen MR) is 81.0 cm³/mol. The lowest BCUT2D eigenvalue weighted by atomic mass is 9.91. The normalized spacial score (nSPS) is 27.9. The van der Waals surface area contributed by atoms with Crippen LogP contribution in [-0.2, 0) is 4.79 Å². The lowest BCUT2D eigenvalue weighted by molar-refractivity contribution is -0.925. The van der Waals surface area contributed by atoms with E-state index in [1.807, 2.05) is 6.92 Å². The van der Waals surface area contributed by atoms with E-state index in [1.54, 1.807) is 18.3 Å². The molecule has 1 amide bonds. The number of pyridine rings is 1. The molecule has 2 heterocycles. The summed E-state index contributed by atoms with van der Waals surface area (Å²) in [6.07, 6.45) is 2.87. The highest BCUT2D eigenvalue weighted by atomic mass is 35.5. The van der Waals surface area contributed by atoms with Gasteiger partial charge in [0.2, 0.25) is 0 Å². The minimum absolute atomic E-state index is 0.0104. The molecule has 4 atom stereocenters. The summed E-state index contributed by atoms with van der Waals surface area (Å²) in [5.74, 6) is 1.35. The summed E-state index contributed by atoms with van der Waals surface area (Å²) in [6, 6.07) is 3.47. The number of likely N-dealkylation sites (tertiary alicyclic amines) is 1. The van der Waals surface area contributed by atoms with Crippen LogP contribution in [0.5, 0.6) is 0 Å². The lowest BCUT2D eigenvalue weighted by Gasteiger charge is -2.35. The van der Waals surface area contributed by atoms with Gasteiger partial charge in [0.15, 0.2) is 11.2 Å². The second kappa shape index (κ2) is 6.55. The van der Waals surface area contributed by atoms with Gasteiger partial charge < -0.3 is 10.2 Å². The molecule has 110 valence electrons. The molecule has 1 unspecified atom stereocenters. The van der Waals surface area contributed by atoms with Crippen LogP contribution in [0.25, 0.3) is 0 Å². The van der Waals surface area contributed by atoms with Gasteiger partial charge >= 0.3 is 0 Å². The smallest absolute Gasteiger partial charge is 0.282 e. The maximum Gasteiger partial charge on any atom is 0.282 e. The van der Waals surface area contributed by atoms with Crippen LogP contribution in [0.4, 0.5) is 5.69 Å². The van der Waals surface area contributed by atoms with Crippen molar-refractivity contribution in [1.82, 2.24) is 4.98 Å². The maximum absolute atomic E-state index is 12.4. The van der Waals surface area contributed by atoms with Crippen LogP contribution in [0.1, 0.15) is 27.2 Å². The van der Waals surface area contributed by atoms with Crippen molar-refractivity contribution < 1.29 is 9.69 Å². The lowest BCUT2D eigenvalue weighted by Crippen LogP contribution is -3.18. The number of carbonyl (C=O) groups is 1. The molecule has 1 aliphatic heterocycles. The van der Waals surface area contributed by atoms with E-state index in [2.05, 4.69) is 24.1 Å². The van der Waals surface area contributed by atoms with E-state index < -0.39 is 0 Å². The number of nitrogens with one attached hydrogen (secondary N) is 2. The Hall–Kier alpha value is -1.13. The zero-order valence-electron chi connectivity index (χ0n) is 12.3. The Bertz CT molecular complexity index is 470. The second-order valence-electron chi connectivity index (χ2n) is 6.07. The van der Waals surface area contributed by atoms with Gasteiger partial charge in [-0.3, -0.25) is 4.79 Å². The van der Waals surface area contributed by atoms with Gasteiger partial charge in [0, 0.05) is 18.0 Å². The SMILES string of the molecule is C[C@@H]1C[C@H](C)C[NH+]([C@@H](C)C(=O)Nc2cccnc2Cl)C1. The van der Waals surface area contributed by atoms with Crippen LogP contribution in [0.3, 0.4) is 0 Å². The van der Waals surface area contributed by atoms with Crippen LogP contribution >= 0.6 is 11.6 Å². The average Bonchev–Trinajstić information content (AvgIpc) is 2.39. The highest BCUT2D eigenvalue weighted by Gasteiger charge is 2.32. The first-order valence-electron chi connectivity index (χ1n) is 7.23. The van der Waals surface area contributed by atoms with E-state index in [0.717, 1.165) is 13.1 Å². The van der Waals surface area contributed by atoms with Crippen LogP contribution in [-0.4, -0.2) is 30.0 Å². The minimum atomic E-state index is -0.0727. The summed E-state index contributed by atoms with van der Waals surface area (Å²) < 4.78 is 0. The minimum Gasteiger partial charge on any atom is -0.324 e. The summed E-state index contributed by atoms with van der Waals surface area (Å²) in [7, 11) is 0. The third-order valence-corrected chi connectivity index (χ3v) is 4.35. The van der Waals surface area contributed by atoms with Crippen LogP contribution in [0.15, 0.2) is 18.3 Å². The number of anilines is 1. The van der Waals surface area contributed by atoms with Crippen LogP contribution in [0, 0.1) is 11.8 Å². The zero-order valence-corrected chi connectivity index (χ0v) is 13.1. The maximum atomic E-state index is 12.4. The Morgan fingerprint density at radius 1 is 1.45 bits per heavy atom. The number of halogens is 1. The Kier molecular flexibility index (Phi) is 5.00. The van der Waals surface area contributed by atoms with E-state index in [9.17, 15) is 4.79 Å². The van der Waals surface area contributed by atoms with E-state index >= 15 is 0 Å². The van der Waals surface area contributed by atoms with Crippen molar-refractivity contribution in [1.29, 1.82) is 0 Å². The standard InChI is InChI=1S/C15H22ClN3O/c1-10-7-11(2)9-19(8-10)12(3)15(20)18-13-5-4-6-17-14(13)16/h4-6,10-12H,7-9H2,1-3H3,(H,18,20)/p+1/t10-,11+,12-/m0/s1. The quantitative estimate of drug-likeness (QED) is 0.833.